The van der Waals surface area contributed by atoms with Gasteiger partial charge in [0.15, 0.2) is 0 Å². The molecule has 0 atom stereocenters. The summed E-state index contributed by atoms with van der Waals surface area (Å²) in [5, 5.41) is 0. The van der Waals surface area contributed by atoms with Gasteiger partial charge in [0.25, 0.3) is 0 Å². The molecule has 3 heteroatoms. The summed E-state index contributed by atoms with van der Waals surface area (Å²) >= 11 is 1.98. The largest absolute Gasteiger partial charge is 1.00 e. The summed E-state index contributed by atoms with van der Waals surface area (Å²) in [5.74, 6) is 0. The fourth-order valence-corrected chi connectivity index (χ4v) is 0. The zero-order chi connectivity index (χ0) is 3.41. The maximum atomic E-state index is 9.17. The van der Waals surface area contributed by atoms with Crippen molar-refractivity contribution >= 4 is 28.9 Å². The van der Waals surface area contributed by atoms with E-state index in [1.54, 1.807) is 0 Å². The summed E-state index contributed by atoms with van der Waals surface area (Å²) in [6, 6.07) is 0. The van der Waals surface area contributed by atoms with Gasteiger partial charge in [0.1, 0.15) is 6.29 Å². The van der Waals surface area contributed by atoms with E-state index in [1.165, 1.54) is 0 Å². The van der Waals surface area contributed by atoms with Crippen molar-refractivity contribution in [3.63, 3.8) is 0 Å². The smallest absolute Gasteiger partial charge is 1.00 e. The van der Waals surface area contributed by atoms with Gasteiger partial charge in [-0.2, -0.15) is 0 Å². The Morgan fingerprint density at radius 2 is 2.20 bits per heavy atom. The molecule has 0 rings (SSSR count). The third-order valence-corrected chi connectivity index (χ3v) is 0.423. The molecule has 0 amide bonds. The normalized spacial score (nSPS) is 5.00. The second kappa shape index (κ2) is 9.04. The molecular weight excluding hydrogens is 190 g/mol. The molecule has 5 heavy (non-hydrogen) atoms. The van der Waals surface area contributed by atoms with Gasteiger partial charge in [-0.15, -0.1) is 0 Å². The summed E-state index contributed by atoms with van der Waals surface area (Å²) in [6.45, 7) is 0. The van der Waals surface area contributed by atoms with Crippen LogP contribution in [0.5, 0.6) is 0 Å². The first kappa shape index (κ1) is 9.64. The Morgan fingerprint density at radius 1 is 2.00 bits per heavy atom. The van der Waals surface area contributed by atoms with Crippen molar-refractivity contribution in [2.24, 2.45) is 0 Å². The maximum absolute atomic E-state index is 9.17. The Hall–Kier alpha value is 1.40. The van der Waals surface area contributed by atoms with E-state index in [4.69, 9.17) is 4.79 Å². The number of halogens is 1. The first-order chi connectivity index (χ1) is 1.91. The van der Waals surface area contributed by atoms with Crippen LogP contribution in [0.4, 0.5) is 0 Å². The zero-order valence-corrected chi connectivity index (χ0v) is 7.23. The molecule has 0 heterocycles. The molecule has 0 aliphatic rings. The van der Waals surface area contributed by atoms with E-state index in [-0.39, 0.29) is 31.0 Å². The monoisotopic (exact) mass is 194 g/mol. The molecule has 0 saturated heterocycles. The van der Waals surface area contributed by atoms with E-state index in [0.717, 1.165) is 6.29 Å². The average molecular weight is 194 g/mol. The average Bonchev–Trinajstić information content (AvgIpc) is 1.37. The van der Waals surface area contributed by atoms with Gasteiger partial charge in [-0.3, -0.25) is 0 Å². The van der Waals surface area contributed by atoms with E-state index in [9.17, 15) is 0 Å². The van der Waals surface area contributed by atoms with Gasteiger partial charge in [0.05, 0.1) is 4.43 Å². The van der Waals surface area contributed by atoms with Crippen LogP contribution in [0.2, 0.25) is 0 Å². The van der Waals surface area contributed by atoms with E-state index < -0.39 is 0 Å². The van der Waals surface area contributed by atoms with Crippen molar-refractivity contribution in [3.8, 4) is 0 Å². The number of hydrogen-bond donors (Lipinski definition) is 0. The number of carbonyl (C=O) groups excluding carboxylic acids is 1. The number of rotatable bonds is 1. The fourth-order valence-electron chi connectivity index (χ4n) is 0. The Labute approximate surface area is 68.4 Å². The second-order valence-corrected chi connectivity index (χ2v) is 1.20. The number of hydrogen-bond acceptors (Lipinski definition) is 1. The Bertz CT molecular complexity index is 27.5. The van der Waals surface area contributed by atoms with Crippen molar-refractivity contribution in [1.82, 2.24) is 0 Å². The van der Waals surface area contributed by atoms with Crippen molar-refractivity contribution in [2.45, 2.75) is 0 Å². The molecule has 0 fully saturated rings. The molecule has 0 aromatic rings. The number of aldehydes is 1. The van der Waals surface area contributed by atoms with Gasteiger partial charge in [0, 0.05) is 0 Å². The van der Waals surface area contributed by atoms with Crippen molar-refractivity contribution < 1.29 is 35.8 Å². The summed E-state index contributed by atoms with van der Waals surface area (Å²) < 4.78 is 0.609. The molecule has 0 spiro atoms. The summed E-state index contributed by atoms with van der Waals surface area (Å²) in [4.78, 5) is 9.17. The third kappa shape index (κ3) is 10.8. The zero-order valence-electron chi connectivity index (χ0n) is 4.07. The predicted octanol–water partition coefficient (Wildman–Crippen LogP) is -2.26. The first-order valence-electron chi connectivity index (χ1n) is 0.911. The van der Waals surface area contributed by atoms with E-state index in [2.05, 4.69) is 0 Å². The van der Waals surface area contributed by atoms with Crippen LogP contribution in [0.15, 0.2) is 0 Å². The molecule has 0 aromatic carbocycles. The van der Waals surface area contributed by atoms with Crippen LogP contribution in [-0.4, -0.2) is 10.7 Å². The van der Waals surface area contributed by atoms with Gasteiger partial charge in [-0.25, -0.2) is 0 Å². The van der Waals surface area contributed by atoms with Gasteiger partial charge in [-0.1, -0.05) is 22.6 Å². The molecule has 0 unspecified atom stereocenters. The van der Waals surface area contributed by atoms with E-state index >= 15 is 0 Å². The molecular formula is C2H4INaO. The molecule has 26 valence electrons. The van der Waals surface area contributed by atoms with Crippen LogP contribution in [0.1, 0.15) is 1.43 Å². The van der Waals surface area contributed by atoms with E-state index in [1.807, 2.05) is 22.6 Å². The van der Waals surface area contributed by atoms with Crippen LogP contribution in [0, 0.1) is 0 Å². The molecule has 0 bridgehead atoms. The minimum absolute atomic E-state index is 0. The molecule has 0 saturated carbocycles. The molecule has 0 N–H and O–H groups in total. The minimum Gasteiger partial charge on any atom is -1.00 e. The maximum Gasteiger partial charge on any atom is 1.00 e. The summed E-state index contributed by atoms with van der Waals surface area (Å²) in [6.07, 6.45) is 0.862. The fraction of sp³-hybridized carbons (Fsp3) is 0.500. The first-order valence-corrected chi connectivity index (χ1v) is 2.44. The van der Waals surface area contributed by atoms with Gasteiger partial charge >= 0.3 is 29.6 Å². The van der Waals surface area contributed by atoms with Crippen LogP contribution >= 0.6 is 22.6 Å². The number of alkyl halides is 1. The topological polar surface area (TPSA) is 17.1 Å². The molecule has 0 aliphatic heterocycles. The van der Waals surface area contributed by atoms with Crippen LogP contribution in [0.25, 0.3) is 0 Å². The van der Waals surface area contributed by atoms with Gasteiger partial charge in [0.2, 0.25) is 0 Å². The van der Waals surface area contributed by atoms with Crippen LogP contribution < -0.4 is 29.6 Å². The van der Waals surface area contributed by atoms with Gasteiger partial charge < -0.3 is 6.22 Å². The molecule has 0 radical (unpaired) electrons. The molecule has 0 aliphatic carbocycles. The standard InChI is InChI=1S/C2H3IO.Na.H/c3-1-2-4;;/h2H,1H2;;/q;+1;-1. The third-order valence-electron chi connectivity index (χ3n) is 0.0630. The molecule has 1 nitrogen and oxygen atoms in total. The van der Waals surface area contributed by atoms with Crippen molar-refractivity contribution in [1.29, 1.82) is 0 Å². The number of carbonyl (C=O) groups is 1. The van der Waals surface area contributed by atoms with Crippen molar-refractivity contribution in [2.75, 3.05) is 4.43 Å². The SMILES string of the molecule is O=CCI.[H-].[Na+]. The van der Waals surface area contributed by atoms with Crippen molar-refractivity contribution in [3.05, 3.63) is 0 Å². The quantitative estimate of drug-likeness (QED) is 0.199. The Morgan fingerprint density at radius 3 is 2.20 bits per heavy atom. The molecule has 0 aromatic heterocycles. The Balaban J connectivity index is -0.0000000450. The van der Waals surface area contributed by atoms with E-state index in [0.29, 0.717) is 4.43 Å². The second-order valence-electron chi connectivity index (χ2n) is 0.321. The Kier molecular flexibility index (Phi) is 17.4. The predicted molar refractivity (Wildman–Crippen MR) is 26.1 cm³/mol. The van der Waals surface area contributed by atoms with Crippen LogP contribution in [-0.2, 0) is 4.79 Å². The van der Waals surface area contributed by atoms with Gasteiger partial charge in [-0.05, 0) is 0 Å². The minimum atomic E-state index is 0. The summed E-state index contributed by atoms with van der Waals surface area (Å²) in [5.41, 5.74) is 0. The summed E-state index contributed by atoms with van der Waals surface area (Å²) in [7, 11) is 0. The van der Waals surface area contributed by atoms with Crippen LogP contribution in [0.3, 0.4) is 0 Å².